The Bertz CT molecular complexity index is 949. The van der Waals surface area contributed by atoms with E-state index in [0.29, 0.717) is 34.1 Å². The maximum atomic E-state index is 12.7. The number of rotatable bonds is 9. The van der Waals surface area contributed by atoms with Gasteiger partial charge in [-0.25, -0.2) is 5.43 Å². The Kier molecular flexibility index (Phi) is 9.33. The van der Waals surface area contributed by atoms with E-state index in [2.05, 4.69) is 31.8 Å². The fraction of sp³-hybridized carbons (Fsp3) is 0.318. The predicted octanol–water partition coefficient (Wildman–Crippen LogP) is 4.41. The maximum absolute atomic E-state index is 12.7. The smallest absolute Gasteiger partial charge is 0.262 e. The van der Waals surface area contributed by atoms with Gasteiger partial charge >= 0.3 is 0 Å². The van der Waals surface area contributed by atoms with Gasteiger partial charge in [-0.15, -0.1) is 0 Å². The molecule has 2 aromatic carbocycles. The van der Waals surface area contributed by atoms with Crippen LogP contribution < -0.4 is 20.2 Å². The molecule has 0 fully saturated rings. The molecule has 1 unspecified atom stereocenters. The van der Waals surface area contributed by atoms with Crippen LogP contribution >= 0.6 is 27.5 Å². The zero-order valence-corrected chi connectivity index (χ0v) is 20.1. The van der Waals surface area contributed by atoms with Gasteiger partial charge < -0.3 is 14.8 Å². The molecule has 0 aliphatic carbocycles. The summed E-state index contributed by atoms with van der Waals surface area (Å²) in [7, 11) is 3.09. The Morgan fingerprint density at radius 3 is 2.35 bits per heavy atom. The third-order valence-electron chi connectivity index (χ3n) is 4.32. The molecule has 0 radical (unpaired) electrons. The maximum Gasteiger partial charge on any atom is 0.262 e. The van der Waals surface area contributed by atoms with E-state index in [1.807, 2.05) is 13.8 Å². The molecule has 0 heterocycles. The average molecular weight is 511 g/mol. The second kappa shape index (κ2) is 11.7. The summed E-state index contributed by atoms with van der Waals surface area (Å²) in [5.41, 5.74) is 3.55. The van der Waals surface area contributed by atoms with E-state index in [1.54, 1.807) is 43.5 Å². The molecule has 7 nitrogen and oxygen atoms in total. The molecule has 9 heteroatoms. The summed E-state index contributed by atoms with van der Waals surface area (Å²) in [6.07, 6.45) is 1.92. The molecule has 2 amide bonds. The lowest BCUT2D eigenvalue weighted by Crippen LogP contribution is -2.46. The molecule has 0 spiro atoms. The van der Waals surface area contributed by atoms with Gasteiger partial charge in [0.05, 0.1) is 24.9 Å². The highest BCUT2D eigenvalue weighted by molar-refractivity contribution is 9.10. The van der Waals surface area contributed by atoms with Crippen LogP contribution in [0.5, 0.6) is 11.5 Å². The number of hydrazone groups is 1. The number of hydrogen-bond donors (Lipinski definition) is 2. The summed E-state index contributed by atoms with van der Waals surface area (Å²) in [4.78, 5) is 25.2. The van der Waals surface area contributed by atoms with Gasteiger partial charge in [-0.05, 0) is 58.6 Å². The van der Waals surface area contributed by atoms with Gasteiger partial charge in [-0.2, -0.15) is 5.10 Å². The highest BCUT2D eigenvalue weighted by atomic mass is 79.9. The number of carbonyl (C=O) groups is 2. The molecule has 0 aliphatic rings. The first-order chi connectivity index (χ1) is 14.7. The van der Waals surface area contributed by atoms with Crippen LogP contribution in [0.1, 0.15) is 36.2 Å². The van der Waals surface area contributed by atoms with Gasteiger partial charge in [0.25, 0.3) is 11.8 Å². The lowest BCUT2D eigenvalue weighted by molar-refractivity contribution is -0.123. The molecule has 0 aliphatic heterocycles. The van der Waals surface area contributed by atoms with Gasteiger partial charge in [0, 0.05) is 22.2 Å². The summed E-state index contributed by atoms with van der Waals surface area (Å²) in [6, 6.07) is 9.19. The molecular formula is C22H25BrClN3O4. The molecule has 0 saturated heterocycles. The minimum absolute atomic E-state index is 0.183. The molecule has 2 rings (SSSR count). The Morgan fingerprint density at radius 2 is 1.77 bits per heavy atom. The van der Waals surface area contributed by atoms with E-state index < -0.39 is 11.9 Å². The van der Waals surface area contributed by atoms with E-state index in [4.69, 9.17) is 21.1 Å². The van der Waals surface area contributed by atoms with Crippen LogP contribution in [0, 0.1) is 5.92 Å². The molecular weight excluding hydrogens is 486 g/mol. The second-order valence-corrected chi connectivity index (χ2v) is 8.42. The van der Waals surface area contributed by atoms with Crippen LogP contribution in [0.3, 0.4) is 0 Å². The van der Waals surface area contributed by atoms with E-state index in [9.17, 15) is 9.59 Å². The number of amides is 2. The van der Waals surface area contributed by atoms with Gasteiger partial charge in [-0.1, -0.05) is 25.4 Å². The summed E-state index contributed by atoms with van der Waals surface area (Å²) in [5, 5.41) is 7.32. The molecule has 0 saturated carbocycles. The summed E-state index contributed by atoms with van der Waals surface area (Å²) >= 11 is 9.28. The van der Waals surface area contributed by atoms with Crippen molar-refractivity contribution in [2.75, 3.05) is 14.2 Å². The van der Waals surface area contributed by atoms with E-state index in [1.165, 1.54) is 13.3 Å². The molecule has 166 valence electrons. The number of nitrogens with zero attached hydrogens (tertiary/aromatic N) is 1. The minimum atomic E-state index is -0.746. The Hall–Kier alpha value is -2.58. The summed E-state index contributed by atoms with van der Waals surface area (Å²) in [5.74, 6) is 0.552. The normalized spacial score (nSPS) is 12.0. The number of benzene rings is 2. The van der Waals surface area contributed by atoms with Gasteiger partial charge in [-0.3, -0.25) is 9.59 Å². The molecule has 0 aromatic heterocycles. The highest BCUT2D eigenvalue weighted by Gasteiger charge is 2.22. The first-order valence-electron chi connectivity index (χ1n) is 9.56. The zero-order valence-electron chi connectivity index (χ0n) is 17.7. The van der Waals surface area contributed by atoms with Crippen LogP contribution in [0.15, 0.2) is 46.0 Å². The number of halogens is 2. The van der Waals surface area contributed by atoms with Crippen molar-refractivity contribution in [1.82, 2.24) is 10.7 Å². The molecule has 0 bridgehead atoms. The Morgan fingerprint density at radius 1 is 1.13 bits per heavy atom. The van der Waals surface area contributed by atoms with E-state index in [-0.39, 0.29) is 11.8 Å². The molecule has 2 aromatic rings. The Labute approximate surface area is 195 Å². The minimum Gasteiger partial charge on any atom is -0.496 e. The Balaban J connectivity index is 2.11. The van der Waals surface area contributed by atoms with Crippen molar-refractivity contribution in [3.8, 4) is 11.5 Å². The van der Waals surface area contributed by atoms with Crippen molar-refractivity contribution in [3.05, 3.63) is 57.0 Å². The van der Waals surface area contributed by atoms with E-state index >= 15 is 0 Å². The van der Waals surface area contributed by atoms with Gasteiger partial charge in [0.15, 0.2) is 0 Å². The standard InChI is InChI=1S/C22H25BrClN3O4/c1-13(2)9-18(26-21(28)14-5-7-16(24)8-6-14)22(29)27-25-12-15-10-17(23)20(31-4)11-19(15)30-3/h5-8,10-13,18H,9H2,1-4H3,(H,26,28)(H,27,29)/b25-12-. The topological polar surface area (TPSA) is 89.0 Å². The lowest BCUT2D eigenvalue weighted by Gasteiger charge is -2.19. The van der Waals surface area contributed by atoms with Crippen LogP contribution in [0.25, 0.3) is 0 Å². The van der Waals surface area contributed by atoms with Crippen molar-refractivity contribution >= 4 is 45.6 Å². The SMILES string of the molecule is COc1cc(OC)c(/C=N\NC(=O)C(CC(C)C)NC(=O)c2ccc(Cl)cc2)cc1Br. The fourth-order valence-electron chi connectivity index (χ4n) is 2.77. The first kappa shape index (κ1) is 24.7. The van der Waals surface area contributed by atoms with Crippen molar-refractivity contribution in [3.63, 3.8) is 0 Å². The number of carbonyl (C=O) groups excluding carboxylic acids is 2. The lowest BCUT2D eigenvalue weighted by atomic mass is 10.0. The number of nitrogens with one attached hydrogen (secondary N) is 2. The van der Waals surface area contributed by atoms with Crippen LogP contribution in [-0.4, -0.2) is 38.3 Å². The summed E-state index contributed by atoms with van der Waals surface area (Å²) < 4.78 is 11.3. The average Bonchev–Trinajstić information content (AvgIpc) is 2.73. The number of methoxy groups -OCH3 is 2. The number of ether oxygens (including phenoxy) is 2. The first-order valence-corrected chi connectivity index (χ1v) is 10.7. The van der Waals surface area contributed by atoms with Crippen molar-refractivity contribution in [2.24, 2.45) is 11.0 Å². The van der Waals surface area contributed by atoms with Crippen LogP contribution in [0.2, 0.25) is 5.02 Å². The zero-order chi connectivity index (χ0) is 23.0. The third kappa shape index (κ3) is 7.25. The molecule has 1 atom stereocenters. The monoisotopic (exact) mass is 509 g/mol. The van der Waals surface area contributed by atoms with Gasteiger partial charge in [0.1, 0.15) is 17.5 Å². The summed E-state index contributed by atoms with van der Waals surface area (Å²) in [6.45, 7) is 3.94. The predicted molar refractivity (Wildman–Crippen MR) is 125 cm³/mol. The van der Waals surface area contributed by atoms with Crippen molar-refractivity contribution in [2.45, 2.75) is 26.3 Å². The van der Waals surface area contributed by atoms with Crippen molar-refractivity contribution in [1.29, 1.82) is 0 Å². The van der Waals surface area contributed by atoms with Crippen LogP contribution in [-0.2, 0) is 4.79 Å². The molecule has 31 heavy (non-hydrogen) atoms. The largest absolute Gasteiger partial charge is 0.496 e. The van der Waals surface area contributed by atoms with Crippen molar-refractivity contribution < 1.29 is 19.1 Å². The number of hydrogen-bond acceptors (Lipinski definition) is 5. The molecule has 2 N–H and O–H groups in total. The van der Waals surface area contributed by atoms with E-state index in [0.717, 1.165) is 4.47 Å². The second-order valence-electron chi connectivity index (χ2n) is 7.13. The quantitative estimate of drug-likeness (QED) is 0.386. The highest BCUT2D eigenvalue weighted by Crippen LogP contribution is 2.31. The van der Waals surface area contributed by atoms with Crippen LogP contribution in [0.4, 0.5) is 0 Å². The van der Waals surface area contributed by atoms with Gasteiger partial charge in [0.2, 0.25) is 0 Å². The fourth-order valence-corrected chi connectivity index (χ4v) is 3.42. The third-order valence-corrected chi connectivity index (χ3v) is 5.19.